The van der Waals surface area contributed by atoms with E-state index in [1.165, 1.54) is 24.0 Å². The third-order valence-corrected chi connectivity index (χ3v) is 3.60. The molecule has 0 atom stereocenters. The van der Waals surface area contributed by atoms with Gasteiger partial charge in [-0.1, -0.05) is 29.8 Å². The van der Waals surface area contributed by atoms with Crippen LogP contribution in [0.4, 0.5) is 11.8 Å². The lowest BCUT2D eigenvalue weighted by Crippen LogP contribution is -2.19. The van der Waals surface area contributed by atoms with Gasteiger partial charge in [0.2, 0.25) is 5.95 Å². The normalized spacial score (nSPS) is 14.6. The van der Waals surface area contributed by atoms with Gasteiger partial charge in [0.25, 0.3) is 0 Å². The summed E-state index contributed by atoms with van der Waals surface area (Å²) in [6, 6.07) is 10.5. The summed E-state index contributed by atoms with van der Waals surface area (Å²) in [6.45, 7) is 5.07. The third kappa shape index (κ3) is 3.07. The molecule has 1 saturated heterocycles. The van der Waals surface area contributed by atoms with Crippen molar-refractivity contribution < 1.29 is 0 Å². The molecule has 1 aliphatic rings. The van der Waals surface area contributed by atoms with Gasteiger partial charge in [-0.05, 0) is 31.4 Å². The van der Waals surface area contributed by atoms with Crippen molar-refractivity contribution in [1.82, 2.24) is 9.97 Å². The van der Waals surface area contributed by atoms with Crippen LogP contribution in [0.15, 0.2) is 36.5 Å². The van der Waals surface area contributed by atoms with E-state index in [0.29, 0.717) is 5.95 Å². The molecular formula is C16H20N4. The topological polar surface area (TPSA) is 41.1 Å². The summed E-state index contributed by atoms with van der Waals surface area (Å²) >= 11 is 0. The number of nitrogens with one attached hydrogen (secondary N) is 1. The predicted octanol–water partition coefficient (Wildman–Crippen LogP) is 3.00. The average Bonchev–Trinajstić information content (AvgIpc) is 3.00. The van der Waals surface area contributed by atoms with E-state index >= 15 is 0 Å². The fraction of sp³-hybridized carbons (Fsp3) is 0.375. The van der Waals surface area contributed by atoms with Crippen LogP contribution in [0, 0.1) is 6.92 Å². The summed E-state index contributed by atoms with van der Waals surface area (Å²) in [5, 5.41) is 3.30. The molecule has 1 fully saturated rings. The molecule has 2 heterocycles. The van der Waals surface area contributed by atoms with Crippen LogP contribution in [0.5, 0.6) is 0 Å². The number of anilines is 2. The van der Waals surface area contributed by atoms with Gasteiger partial charge in [0.15, 0.2) is 0 Å². The van der Waals surface area contributed by atoms with Crippen molar-refractivity contribution in [3.05, 3.63) is 47.7 Å². The first-order valence-electron chi connectivity index (χ1n) is 7.19. The van der Waals surface area contributed by atoms with Crippen LogP contribution in [0.3, 0.4) is 0 Å². The van der Waals surface area contributed by atoms with Crippen molar-refractivity contribution in [2.75, 3.05) is 23.3 Å². The van der Waals surface area contributed by atoms with Crippen LogP contribution in [0.25, 0.3) is 0 Å². The van der Waals surface area contributed by atoms with Crippen LogP contribution in [0.2, 0.25) is 0 Å². The number of aryl methyl sites for hydroxylation is 1. The molecule has 3 rings (SSSR count). The molecule has 0 amide bonds. The van der Waals surface area contributed by atoms with E-state index in [4.69, 9.17) is 0 Å². The van der Waals surface area contributed by atoms with Crippen LogP contribution in [-0.4, -0.2) is 23.1 Å². The third-order valence-electron chi connectivity index (χ3n) is 3.60. The molecule has 0 saturated carbocycles. The zero-order valence-electron chi connectivity index (χ0n) is 11.8. The minimum Gasteiger partial charge on any atom is -0.356 e. The second-order valence-corrected chi connectivity index (χ2v) is 5.28. The molecule has 0 radical (unpaired) electrons. The number of hydrogen-bond acceptors (Lipinski definition) is 4. The Morgan fingerprint density at radius 1 is 1.20 bits per heavy atom. The van der Waals surface area contributed by atoms with Crippen LogP contribution >= 0.6 is 0 Å². The molecule has 0 spiro atoms. The molecule has 4 heteroatoms. The summed E-state index contributed by atoms with van der Waals surface area (Å²) in [4.78, 5) is 11.2. The largest absolute Gasteiger partial charge is 0.356 e. The number of benzene rings is 1. The van der Waals surface area contributed by atoms with Gasteiger partial charge in [-0.25, -0.2) is 4.98 Å². The van der Waals surface area contributed by atoms with E-state index in [9.17, 15) is 0 Å². The smallest absolute Gasteiger partial charge is 0.224 e. The van der Waals surface area contributed by atoms with Crippen molar-refractivity contribution in [3.63, 3.8) is 0 Å². The molecule has 0 bridgehead atoms. The molecule has 0 unspecified atom stereocenters. The minimum absolute atomic E-state index is 0.705. The Labute approximate surface area is 119 Å². The van der Waals surface area contributed by atoms with Crippen LogP contribution < -0.4 is 10.2 Å². The predicted molar refractivity (Wildman–Crippen MR) is 82.0 cm³/mol. The first kappa shape index (κ1) is 12.9. The molecule has 20 heavy (non-hydrogen) atoms. The lowest BCUT2D eigenvalue weighted by atomic mass is 10.1. The summed E-state index contributed by atoms with van der Waals surface area (Å²) < 4.78 is 0. The highest BCUT2D eigenvalue weighted by molar-refractivity contribution is 5.43. The van der Waals surface area contributed by atoms with Gasteiger partial charge < -0.3 is 10.2 Å². The SMILES string of the molecule is Cc1cccc(CNc2nccc(N3CCCC3)n2)c1. The summed E-state index contributed by atoms with van der Waals surface area (Å²) in [7, 11) is 0. The minimum atomic E-state index is 0.705. The number of nitrogens with zero attached hydrogens (tertiary/aromatic N) is 3. The van der Waals surface area contributed by atoms with E-state index < -0.39 is 0 Å². The average molecular weight is 268 g/mol. The monoisotopic (exact) mass is 268 g/mol. The first-order valence-corrected chi connectivity index (χ1v) is 7.19. The fourth-order valence-corrected chi connectivity index (χ4v) is 2.56. The Morgan fingerprint density at radius 3 is 2.85 bits per heavy atom. The molecular weight excluding hydrogens is 248 g/mol. The highest BCUT2D eigenvalue weighted by Crippen LogP contribution is 2.18. The fourth-order valence-electron chi connectivity index (χ4n) is 2.56. The highest BCUT2D eigenvalue weighted by atomic mass is 15.2. The maximum atomic E-state index is 4.60. The lowest BCUT2D eigenvalue weighted by Gasteiger charge is -2.16. The van der Waals surface area contributed by atoms with Gasteiger partial charge in [-0.2, -0.15) is 4.98 Å². The quantitative estimate of drug-likeness (QED) is 0.925. The number of aromatic nitrogens is 2. The van der Waals surface area contributed by atoms with Crippen molar-refractivity contribution in [3.8, 4) is 0 Å². The van der Waals surface area contributed by atoms with Gasteiger partial charge in [0, 0.05) is 25.8 Å². The maximum Gasteiger partial charge on any atom is 0.224 e. The van der Waals surface area contributed by atoms with Gasteiger partial charge in [-0.15, -0.1) is 0 Å². The van der Waals surface area contributed by atoms with Crippen molar-refractivity contribution >= 4 is 11.8 Å². The summed E-state index contributed by atoms with van der Waals surface area (Å²) in [6.07, 6.45) is 4.35. The molecule has 1 aromatic carbocycles. The zero-order valence-corrected chi connectivity index (χ0v) is 11.8. The van der Waals surface area contributed by atoms with Crippen molar-refractivity contribution in [2.45, 2.75) is 26.3 Å². The number of rotatable bonds is 4. The lowest BCUT2D eigenvalue weighted by molar-refractivity contribution is 0.923. The highest BCUT2D eigenvalue weighted by Gasteiger charge is 2.13. The van der Waals surface area contributed by atoms with Gasteiger partial charge in [-0.3, -0.25) is 0 Å². The summed E-state index contributed by atoms with van der Waals surface area (Å²) in [5.74, 6) is 1.74. The van der Waals surface area contributed by atoms with Gasteiger partial charge in [0.05, 0.1) is 0 Å². The molecule has 2 aromatic rings. The zero-order chi connectivity index (χ0) is 13.8. The Balaban J connectivity index is 1.66. The van der Waals surface area contributed by atoms with Crippen LogP contribution in [-0.2, 0) is 6.54 Å². The Kier molecular flexibility index (Phi) is 3.81. The van der Waals surface area contributed by atoms with Gasteiger partial charge in [0.1, 0.15) is 5.82 Å². The Morgan fingerprint density at radius 2 is 2.05 bits per heavy atom. The summed E-state index contributed by atoms with van der Waals surface area (Å²) in [5.41, 5.74) is 2.52. The second kappa shape index (κ2) is 5.90. The van der Waals surface area contributed by atoms with Crippen molar-refractivity contribution in [2.24, 2.45) is 0 Å². The molecule has 1 aliphatic heterocycles. The molecule has 4 nitrogen and oxygen atoms in total. The van der Waals surface area contributed by atoms with E-state index in [-0.39, 0.29) is 0 Å². The van der Waals surface area contributed by atoms with E-state index in [1.807, 2.05) is 12.3 Å². The van der Waals surface area contributed by atoms with Gasteiger partial charge >= 0.3 is 0 Å². The van der Waals surface area contributed by atoms with E-state index in [1.54, 1.807) is 0 Å². The van der Waals surface area contributed by atoms with E-state index in [2.05, 4.69) is 51.4 Å². The molecule has 0 aliphatic carbocycles. The second-order valence-electron chi connectivity index (χ2n) is 5.28. The van der Waals surface area contributed by atoms with E-state index in [0.717, 1.165) is 25.5 Å². The molecule has 1 aromatic heterocycles. The Bertz CT molecular complexity index is 576. The maximum absolute atomic E-state index is 4.60. The first-order chi connectivity index (χ1) is 9.81. The Hall–Kier alpha value is -2.10. The molecule has 1 N–H and O–H groups in total. The van der Waals surface area contributed by atoms with Crippen molar-refractivity contribution in [1.29, 1.82) is 0 Å². The molecule has 104 valence electrons. The van der Waals surface area contributed by atoms with Crippen LogP contribution in [0.1, 0.15) is 24.0 Å². The number of hydrogen-bond donors (Lipinski definition) is 1. The standard InChI is InChI=1S/C16H20N4/c1-13-5-4-6-14(11-13)12-18-16-17-8-7-15(19-16)20-9-2-3-10-20/h4-8,11H,2-3,9-10,12H2,1H3,(H,17,18,19).